The van der Waals surface area contributed by atoms with Crippen LogP contribution in [0.25, 0.3) is 0 Å². The quantitative estimate of drug-likeness (QED) is 0.633. The summed E-state index contributed by atoms with van der Waals surface area (Å²) in [6.45, 7) is 0. The second-order valence-electron chi connectivity index (χ2n) is 5.24. The highest BCUT2D eigenvalue weighted by Gasteiger charge is 2.17. The molecule has 0 heterocycles. The molecule has 0 aliphatic carbocycles. The number of hydrogen-bond acceptors (Lipinski definition) is 1. The van der Waals surface area contributed by atoms with Gasteiger partial charge < -0.3 is 0 Å². The Balaban J connectivity index is 2.03. The molecular formula is C20H17NOS. The highest BCUT2D eigenvalue weighted by Crippen LogP contribution is 2.31. The van der Waals surface area contributed by atoms with Crippen LogP contribution in [0.15, 0.2) is 84.9 Å². The van der Waals surface area contributed by atoms with Gasteiger partial charge in [-0.05, 0) is 35.7 Å². The van der Waals surface area contributed by atoms with Crippen molar-refractivity contribution in [2.75, 3.05) is 4.90 Å². The van der Waals surface area contributed by atoms with Gasteiger partial charge in [-0.3, -0.25) is 9.69 Å². The van der Waals surface area contributed by atoms with Crippen LogP contribution in [0.4, 0.5) is 16.2 Å². The third kappa shape index (κ3) is 3.63. The van der Waals surface area contributed by atoms with Crippen LogP contribution in [0.1, 0.15) is 11.1 Å². The molecule has 23 heavy (non-hydrogen) atoms. The number of hydrogen-bond donors (Lipinski definition) is 1. The molecule has 0 atom stereocenters. The van der Waals surface area contributed by atoms with Gasteiger partial charge in [-0.25, -0.2) is 0 Å². The Morgan fingerprint density at radius 3 is 2.00 bits per heavy atom. The minimum atomic E-state index is -0.295. The van der Waals surface area contributed by atoms with Gasteiger partial charge in [0.05, 0.1) is 5.69 Å². The minimum Gasteiger partial charge on any atom is -0.272 e. The van der Waals surface area contributed by atoms with Crippen molar-refractivity contribution in [3.63, 3.8) is 0 Å². The molecule has 0 aliphatic rings. The summed E-state index contributed by atoms with van der Waals surface area (Å²) in [5.74, 6) is 0. The molecule has 1 amide bonds. The van der Waals surface area contributed by atoms with E-state index in [0.29, 0.717) is 0 Å². The molecule has 0 saturated heterocycles. The zero-order valence-corrected chi connectivity index (χ0v) is 13.5. The first-order valence-corrected chi connectivity index (χ1v) is 7.90. The number of anilines is 2. The highest BCUT2D eigenvalue weighted by atomic mass is 32.1. The van der Waals surface area contributed by atoms with Gasteiger partial charge in [0.1, 0.15) is 0 Å². The summed E-state index contributed by atoms with van der Waals surface area (Å²) >= 11 is 4.08. The van der Waals surface area contributed by atoms with E-state index in [-0.39, 0.29) is 5.24 Å². The molecule has 3 aromatic rings. The molecule has 0 N–H and O–H groups in total. The number of nitrogens with zero attached hydrogens (tertiary/aromatic N) is 1. The summed E-state index contributed by atoms with van der Waals surface area (Å²) in [7, 11) is 0. The summed E-state index contributed by atoms with van der Waals surface area (Å²) in [6, 6.07) is 27.8. The molecule has 3 rings (SSSR count). The van der Waals surface area contributed by atoms with Crippen LogP contribution >= 0.6 is 12.6 Å². The maximum absolute atomic E-state index is 12.1. The molecule has 0 fully saturated rings. The lowest BCUT2D eigenvalue weighted by molar-refractivity contribution is 0.267. The van der Waals surface area contributed by atoms with E-state index in [0.717, 1.165) is 23.4 Å². The Kier molecular flexibility index (Phi) is 4.79. The van der Waals surface area contributed by atoms with Crippen molar-refractivity contribution in [2.24, 2.45) is 0 Å². The van der Waals surface area contributed by atoms with E-state index in [4.69, 9.17) is 0 Å². The standard InChI is InChI=1S/C20H17NOS/c22-20(23)21(18-12-5-2-6-13-18)19-14-8-7-11-17(19)15-16-9-3-1-4-10-16/h1-14H,15H2,(H,22,23). The van der Waals surface area contributed by atoms with Crippen LogP contribution < -0.4 is 4.90 Å². The molecule has 0 bridgehead atoms. The average molecular weight is 319 g/mol. The molecule has 114 valence electrons. The summed E-state index contributed by atoms with van der Waals surface area (Å²) in [5.41, 5.74) is 3.97. The Bertz CT molecular complexity index is 787. The second kappa shape index (κ2) is 7.16. The number of rotatable bonds is 4. The third-order valence-electron chi connectivity index (χ3n) is 3.68. The largest absolute Gasteiger partial charge is 0.287 e. The SMILES string of the molecule is O=C(S)N(c1ccccc1)c1ccccc1Cc1ccccc1. The van der Waals surface area contributed by atoms with Crippen molar-refractivity contribution in [1.82, 2.24) is 0 Å². The summed E-state index contributed by atoms with van der Waals surface area (Å²) < 4.78 is 0. The first kappa shape index (κ1) is 15.4. The lowest BCUT2D eigenvalue weighted by Crippen LogP contribution is -2.21. The highest BCUT2D eigenvalue weighted by molar-refractivity contribution is 7.97. The Morgan fingerprint density at radius 2 is 1.35 bits per heavy atom. The third-order valence-corrected chi connectivity index (χ3v) is 3.88. The molecule has 0 aliphatic heterocycles. The summed E-state index contributed by atoms with van der Waals surface area (Å²) in [6.07, 6.45) is 0.765. The van der Waals surface area contributed by atoms with Crippen molar-refractivity contribution in [3.05, 3.63) is 96.1 Å². The zero-order valence-electron chi connectivity index (χ0n) is 12.6. The molecule has 2 nitrogen and oxygen atoms in total. The number of thiol groups is 1. The summed E-state index contributed by atoms with van der Waals surface area (Å²) in [4.78, 5) is 13.8. The van der Waals surface area contributed by atoms with E-state index in [1.54, 1.807) is 4.90 Å². The van der Waals surface area contributed by atoms with Gasteiger partial charge in [-0.1, -0.05) is 79.4 Å². The molecule has 3 heteroatoms. The number of para-hydroxylation sites is 2. The van der Waals surface area contributed by atoms with Gasteiger partial charge in [0, 0.05) is 5.69 Å². The number of benzene rings is 3. The molecular weight excluding hydrogens is 302 g/mol. The van der Waals surface area contributed by atoms with E-state index >= 15 is 0 Å². The van der Waals surface area contributed by atoms with Crippen molar-refractivity contribution in [2.45, 2.75) is 6.42 Å². The maximum atomic E-state index is 12.1. The molecule has 3 aromatic carbocycles. The normalized spacial score (nSPS) is 10.3. The molecule has 0 aromatic heterocycles. The first-order chi connectivity index (χ1) is 11.3. The van der Waals surface area contributed by atoms with Crippen LogP contribution in [-0.4, -0.2) is 5.24 Å². The Morgan fingerprint density at radius 1 is 0.783 bits per heavy atom. The number of carbonyl (C=O) groups is 1. The predicted molar refractivity (Wildman–Crippen MR) is 98.7 cm³/mol. The van der Waals surface area contributed by atoms with Gasteiger partial charge in [0.2, 0.25) is 0 Å². The van der Waals surface area contributed by atoms with Crippen LogP contribution in [0.5, 0.6) is 0 Å². The monoisotopic (exact) mass is 319 g/mol. The van der Waals surface area contributed by atoms with E-state index in [1.807, 2.05) is 66.7 Å². The van der Waals surface area contributed by atoms with Crippen molar-refractivity contribution in [1.29, 1.82) is 0 Å². The Hall–Kier alpha value is -2.52. The van der Waals surface area contributed by atoms with Crippen molar-refractivity contribution in [3.8, 4) is 0 Å². The number of carbonyl (C=O) groups excluding carboxylic acids is 1. The van der Waals surface area contributed by atoms with Crippen LogP contribution in [0.2, 0.25) is 0 Å². The molecule has 0 saturated carbocycles. The maximum Gasteiger partial charge on any atom is 0.287 e. The fourth-order valence-corrected chi connectivity index (χ4v) is 2.85. The predicted octanol–water partition coefficient (Wildman–Crippen LogP) is 5.47. The van der Waals surface area contributed by atoms with E-state index in [2.05, 4.69) is 30.8 Å². The Labute approximate surface area is 141 Å². The summed E-state index contributed by atoms with van der Waals surface area (Å²) in [5, 5.41) is -0.295. The molecule has 0 spiro atoms. The fourth-order valence-electron chi connectivity index (χ4n) is 2.62. The van der Waals surface area contributed by atoms with Gasteiger partial charge in [-0.15, -0.1) is 0 Å². The lowest BCUT2D eigenvalue weighted by Gasteiger charge is -2.23. The van der Waals surface area contributed by atoms with Gasteiger partial charge in [0.15, 0.2) is 0 Å². The van der Waals surface area contributed by atoms with Gasteiger partial charge >= 0.3 is 0 Å². The topological polar surface area (TPSA) is 20.3 Å². The smallest absolute Gasteiger partial charge is 0.272 e. The number of amides is 1. The van der Waals surface area contributed by atoms with Crippen molar-refractivity contribution < 1.29 is 4.79 Å². The van der Waals surface area contributed by atoms with Crippen LogP contribution in [0, 0.1) is 0 Å². The van der Waals surface area contributed by atoms with Gasteiger partial charge in [0.25, 0.3) is 5.24 Å². The molecule has 0 unspecified atom stereocenters. The lowest BCUT2D eigenvalue weighted by atomic mass is 10.0. The van der Waals surface area contributed by atoms with Crippen LogP contribution in [0.3, 0.4) is 0 Å². The van der Waals surface area contributed by atoms with Gasteiger partial charge in [-0.2, -0.15) is 0 Å². The first-order valence-electron chi connectivity index (χ1n) is 7.45. The molecule has 0 radical (unpaired) electrons. The van der Waals surface area contributed by atoms with Crippen molar-refractivity contribution >= 4 is 29.2 Å². The zero-order chi connectivity index (χ0) is 16.1. The average Bonchev–Trinajstić information content (AvgIpc) is 2.58. The van der Waals surface area contributed by atoms with E-state index < -0.39 is 0 Å². The fraction of sp³-hybridized carbons (Fsp3) is 0.0500. The van der Waals surface area contributed by atoms with Crippen LogP contribution in [-0.2, 0) is 6.42 Å². The second-order valence-corrected chi connectivity index (χ2v) is 5.63. The van der Waals surface area contributed by atoms with E-state index in [9.17, 15) is 4.79 Å². The van der Waals surface area contributed by atoms with E-state index in [1.165, 1.54) is 5.56 Å². The minimum absolute atomic E-state index is 0.295.